The van der Waals surface area contributed by atoms with Crippen molar-refractivity contribution in [2.75, 3.05) is 5.43 Å². The molecule has 0 aliphatic rings. The number of hydrazone groups is 1. The van der Waals surface area contributed by atoms with Crippen LogP contribution in [0.2, 0.25) is 0 Å². The first kappa shape index (κ1) is 16.4. The predicted octanol–water partition coefficient (Wildman–Crippen LogP) is 5.52. The molecule has 0 amide bonds. The molecule has 0 bridgehead atoms. The van der Waals surface area contributed by atoms with Crippen LogP contribution in [0, 0.1) is 6.92 Å². The van der Waals surface area contributed by atoms with Crippen molar-refractivity contribution >= 4 is 22.2 Å². The van der Waals surface area contributed by atoms with E-state index < -0.39 is 0 Å². The molecule has 0 aliphatic carbocycles. The van der Waals surface area contributed by atoms with E-state index >= 15 is 0 Å². The minimum atomic E-state index is 0.802. The van der Waals surface area contributed by atoms with Gasteiger partial charge in [0.2, 0.25) is 5.13 Å². The molecule has 0 radical (unpaired) electrons. The van der Waals surface area contributed by atoms with E-state index in [1.807, 2.05) is 6.92 Å². The summed E-state index contributed by atoms with van der Waals surface area (Å²) in [5, 5.41) is 7.30. The van der Waals surface area contributed by atoms with Gasteiger partial charge in [0.05, 0.1) is 11.4 Å². The highest BCUT2D eigenvalue weighted by Crippen LogP contribution is 2.25. The molecule has 3 nitrogen and oxygen atoms in total. The SMILES string of the molecule is CCc1ccc(-c2csc(N/N=C(\C)c3ccc(C)cc3)n2)cc1. The molecule has 0 fully saturated rings. The second-order valence-corrected chi connectivity index (χ2v) is 6.62. The van der Waals surface area contributed by atoms with Crippen molar-refractivity contribution in [1.29, 1.82) is 0 Å². The third kappa shape index (κ3) is 3.89. The number of benzene rings is 2. The Morgan fingerprint density at radius 2 is 1.79 bits per heavy atom. The minimum absolute atomic E-state index is 0.802. The summed E-state index contributed by atoms with van der Waals surface area (Å²) in [5.74, 6) is 0. The summed E-state index contributed by atoms with van der Waals surface area (Å²) in [6.07, 6.45) is 1.05. The van der Waals surface area contributed by atoms with Gasteiger partial charge in [-0.1, -0.05) is 61.0 Å². The van der Waals surface area contributed by atoms with E-state index in [1.165, 1.54) is 11.1 Å². The fraction of sp³-hybridized carbons (Fsp3) is 0.200. The van der Waals surface area contributed by atoms with Gasteiger partial charge >= 0.3 is 0 Å². The summed E-state index contributed by atoms with van der Waals surface area (Å²) < 4.78 is 0. The van der Waals surface area contributed by atoms with Crippen molar-refractivity contribution in [3.05, 3.63) is 70.6 Å². The molecule has 1 heterocycles. The second kappa shape index (κ2) is 7.41. The Morgan fingerprint density at radius 3 is 2.46 bits per heavy atom. The van der Waals surface area contributed by atoms with Crippen molar-refractivity contribution in [3.63, 3.8) is 0 Å². The van der Waals surface area contributed by atoms with Gasteiger partial charge in [0, 0.05) is 10.9 Å². The van der Waals surface area contributed by atoms with Crippen LogP contribution in [0.25, 0.3) is 11.3 Å². The van der Waals surface area contributed by atoms with Crippen molar-refractivity contribution in [2.24, 2.45) is 5.10 Å². The number of anilines is 1. The van der Waals surface area contributed by atoms with E-state index in [9.17, 15) is 0 Å². The normalized spacial score (nSPS) is 11.5. The monoisotopic (exact) mass is 335 g/mol. The third-order valence-electron chi connectivity index (χ3n) is 3.95. The minimum Gasteiger partial charge on any atom is -0.252 e. The van der Waals surface area contributed by atoms with Gasteiger partial charge in [-0.05, 0) is 31.4 Å². The molecule has 0 saturated carbocycles. The van der Waals surface area contributed by atoms with E-state index in [-0.39, 0.29) is 0 Å². The molecule has 0 saturated heterocycles. The number of hydrogen-bond donors (Lipinski definition) is 1. The summed E-state index contributed by atoms with van der Waals surface area (Å²) >= 11 is 1.56. The number of aromatic nitrogens is 1. The molecule has 0 unspecified atom stereocenters. The Balaban J connectivity index is 1.71. The number of rotatable bonds is 5. The molecule has 0 atom stereocenters. The molecule has 3 aromatic rings. The highest BCUT2D eigenvalue weighted by atomic mass is 32.1. The lowest BCUT2D eigenvalue weighted by molar-refractivity contribution is 1.14. The fourth-order valence-electron chi connectivity index (χ4n) is 2.36. The van der Waals surface area contributed by atoms with E-state index in [4.69, 9.17) is 0 Å². The zero-order chi connectivity index (χ0) is 16.9. The molecule has 1 aromatic heterocycles. The quantitative estimate of drug-likeness (QED) is 0.492. The van der Waals surface area contributed by atoms with Gasteiger partial charge in [-0.2, -0.15) is 5.10 Å². The lowest BCUT2D eigenvalue weighted by atomic mass is 10.1. The molecule has 3 rings (SSSR count). The zero-order valence-electron chi connectivity index (χ0n) is 14.2. The standard InChI is InChI=1S/C20H21N3S/c1-4-16-7-11-18(12-8-16)19-13-24-20(21-19)23-22-15(3)17-9-5-14(2)6-10-17/h5-13H,4H2,1-3H3,(H,21,23)/b22-15+. The first-order chi connectivity index (χ1) is 11.7. The van der Waals surface area contributed by atoms with Crippen molar-refractivity contribution < 1.29 is 0 Å². The van der Waals surface area contributed by atoms with Gasteiger partial charge < -0.3 is 0 Å². The van der Waals surface area contributed by atoms with Crippen LogP contribution in [0.5, 0.6) is 0 Å². The summed E-state index contributed by atoms with van der Waals surface area (Å²) in [6.45, 7) is 6.24. The predicted molar refractivity (Wildman–Crippen MR) is 104 cm³/mol. The lowest BCUT2D eigenvalue weighted by Crippen LogP contribution is -1.99. The maximum Gasteiger partial charge on any atom is 0.203 e. The number of nitrogens with one attached hydrogen (secondary N) is 1. The molecule has 122 valence electrons. The van der Waals surface area contributed by atoms with E-state index in [1.54, 1.807) is 11.3 Å². The van der Waals surface area contributed by atoms with Crippen molar-refractivity contribution in [2.45, 2.75) is 27.2 Å². The van der Waals surface area contributed by atoms with Crippen LogP contribution in [0.4, 0.5) is 5.13 Å². The Bertz CT molecular complexity index is 830. The lowest BCUT2D eigenvalue weighted by Gasteiger charge is -2.02. The number of thiazole rings is 1. The van der Waals surface area contributed by atoms with Crippen LogP contribution in [0.15, 0.2) is 59.0 Å². The largest absolute Gasteiger partial charge is 0.252 e. The highest BCUT2D eigenvalue weighted by Gasteiger charge is 2.04. The zero-order valence-corrected chi connectivity index (χ0v) is 15.0. The molecule has 24 heavy (non-hydrogen) atoms. The van der Waals surface area contributed by atoms with Crippen molar-refractivity contribution in [3.8, 4) is 11.3 Å². The fourth-order valence-corrected chi connectivity index (χ4v) is 3.02. The summed E-state index contributed by atoms with van der Waals surface area (Å²) in [4.78, 5) is 4.62. The van der Waals surface area contributed by atoms with E-state index in [0.29, 0.717) is 0 Å². The molecule has 0 spiro atoms. The van der Waals surface area contributed by atoms with Gasteiger partial charge in [0.25, 0.3) is 0 Å². The van der Waals surface area contributed by atoms with Crippen molar-refractivity contribution in [1.82, 2.24) is 4.98 Å². The smallest absolute Gasteiger partial charge is 0.203 e. The summed E-state index contributed by atoms with van der Waals surface area (Å²) in [6, 6.07) is 16.9. The molecule has 4 heteroatoms. The Morgan fingerprint density at radius 1 is 1.08 bits per heavy atom. The molecule has 0 aliphatic heterocycles. The van der Waals surface area contributed by atoms with E-state index in [2.05, 4.69) is 83.3 Å². The van der Waals surface area contributed by atoms with Crippen LogP contribution >= 0.6 is 11.3 Å². The van der Waals surface area contributed by atoms with Gasteiger partial charge in [-0.3, -0.25) is 5.43 Å². The third-order valence-corrected chi connectivity index (χ3v) is 4.70. The van der Waals surface area contributed by atoms with Crippen LogP contribution in [0.3, 0.4) is 0 Å². The Kier molecular flexibility index (Phi) is 5.06. The van der Waals surface area contributed by atoms with Gasteiger partial charge in [-0.15, -0.1) is 11.3 Å². The number of hydrogen-bond acceptors (Lipinski definition) is 4. The summed E-state index contributed by atoms with van der Waals surface area (Å²) in [7, 11) is 0. The number of aryl methyl sites for hydroxylation is 2. The molecule has 1 N–H and O–H groups in total. The first-order valence-electron chi connectivity index (χ1n) is 8.08. The van der Waals surface area contributed by atoms with Gasteiger partial charge in [0.1, 0.15) is 0 Å². The van der Waals surface area contributed by atoms with Crippen LogP contribution < -0.4 is 5.43 Å². The first-order valence-corrected chi connectivity index (χ1v) is 8.96. The Labute approximate surface area is 147 Å². The number of nitrogens with zero attached hydrogens (tertiary/aromatic N) is 2. The summed E-state index contributed by atoms with van der Waals surface area (Å²) in [5.41, 5.74) is 9.82. The van der Waals surface area contributed by atoms with Crippen LogP contribution in [-0.4, -0.2) is 10.7 Å². The second-order valence-electron chi connectivity index (χ2n) is 5.76. The maximum absolute atomic E-state index is 4.62. The maximum atomic E-state index is 4.62. The molecular formula is C20H21N3S. The Hall–Kier alpha value is -2.46. The van der Waals surface area contributed by atoms with E-state index in [0.717, 1.165) is 34.1 Å². The highest BCUT2D eigenvalue weighted by molar-refractivity contribution is 7.14. The average molecular weight is 335 g/mol. The molecule has 2 aromatic carbocycles. The van der Waals surface area contributed by atoms with Gasteiger partial charge in [-0.25, -0.2) is 4.98 Å². The topological polar surface area (TPSA) is 37.3 Å². The van der Waals surface area contributed by atoms with Crippen LogP contribution in [-0.2, 0) is 6.42 Å². The molecular weight excluding hydrogens is 314 g/mol. The average Bonchev–Trinajstić information content (AvgIpc) is 3.09. The van der Waals surface area contributed by atoms with Gasteiger partial charge in [0.15, 0.2) is 0 Å². The van der Waals surface area contributed by atoms with Crippen LogP contribution in [0.1, 0.15) is 30.5 Å².